The van der Waals surface area contributed by atoms with Gasteiger partial charge in [0.15, 0.2) is 0 Å². The molecule has 1 N–H and O–H groups in total. The first-order valence-electron chi connectivity index (χ1n) is 7.62. The van der Waals surface area contributed by atoms with Crippen molar-refractivity contribution in [2.45, 2.75) is 19.9 Å². The summed E-state index contributed by atoms with van der Waals surface area (Å²) in [5.74, 6) is 0.982. The van der Waals surface area contributed by atoms with Crippen molar-refractivity contribution in [1.29, 1.82) is 5.26 Å². The van der Waals surface area contributed by atoms with Crippen LogP contribution in [0.5, 0.6) is 5.75 Å². The van der Waals surface area contributed by atoms with Crippen molar-refractivity contribution < 1.29 is 18.7 Å². The van der Waals surface area contributed by atoms with Gasteiger partial charge in [-0.2, -0.15) is 5.26 Å². The van der Waals surface area contributed by atoms with Crippen molar-refractivity contribution in [1.82, 2.24) is 5.32 Å². The number of hydrogen-bond acceptors (Lipinski definition) is 5. The van der Waals surface area contributed by atoms with Crippen LogP contribution in [-0.4, -0.2) is 26.2 Å². The molecule has 0 saturated heterocycles. The standard InChI is InChI=1S/C18H20N2O4/c1-4-23-14-7-5-13(6-8-14)17(11-22-3)20-18(21)16-9-15(10-19)24-12(16)2/h5-9,17H,4,11H2,1-3H3,(H,20,21)/t17-/m0/s1. The van der Waals surface area contributed by atoms with E-state index in [4.69, 9.17) is 19.2 Å². The lowest BCUT2D eigenvalue weighted by molar-refractivity contribution is 0.0895. The van der Waals surface area contributed by atoms with E-state index in [1.54, 1.807) is 14.0 Å². The van der Waals surface area contributed by atoms with E-state index in [1.807, 2.05) is 37.3 Å². The summed E-state index contributed by atoms with van der Waals surface area (Å²) in [6.45, 7) is 4.49. The summed E-state index contributed by atoms with van der Waals surface area (Å²) in [6.07, 6.45) is 0. The summed E-state index contributed by atoms with van der Waals surface area (Å²) < 4.78 is 15.8. The molecule has 2 aromatic rings. The van der Waals surface area contributed by atoms with Gasteiger partial charge >= 0.3 is 0 Å². The van der Waals surface area contributed by atoms with Gasteiger partial charge in [-0.05, 0) is 31.5 Å². The van der Waals surface area contributed by atoms with E-state index in [9.17, 15) is 4.79 Å². The van der Waals surface area contributed by atoms with E-state index in [1.165, 1.54) is 6.07 Å². The molecule has 0 radical (unpaired) electrons. The zero-order valence-electron chi connectivity index (χ0n) is 14.0. The number of hydrogen-bond donors (Lipinski definition) is 1. The van der Waals surface area contributed by atoms with Crippen molar-refractivity contribution in [3.8, 4) is 11.8 Å². The Morgan fingerprint density at radius 2 is 2.08 bits per heavy atom. The lowest BCUT2D eigenvalue weighted by Crippen LogP contribution is -2.31. The highest BCUT2D eigenvalue weighted by atomic mass is 16.5. The zero-order valence-corrected chi connectivity index (χ0v) is 14.0. The number of furan rings is 1. The first kappa shape index (κ1) is 17.6. The third kappa shape index (κ3) is 4.15. The molecular weight excluding hydrogens is 308 g/mol. The van der Waals surface area contributed by atoms with Crippen molar-refractivity contribution >= 4 is 5.91 Å². The van der Waals surface area contributed by atoms with Crippen LogP contribution in [0.1, 0.15) is 40.4 Å². The molecule has 1 aromatic carbocycles. The minimum absolute atomic E-state index is 0.113. The Morgan fingerprint density at radius 3 is 2.62 bits per heavy atom. The number of nitrogens with zero attached hydrogens (tertiary/aromatic N) is 1. The quantitative estimate of drug-likeness (QED) is 0.844. The van der Waals surface area contributed by atoms with Crippen LogP contribution in [-0.2, 0) is 4.74 Å². The number of benzene rings is 1. The van der Waals surface area contributed by atoms with Gasteiger partial charge in [-0.3, -0.25) is 4.79 Å². The third-order valence-corrected chi connectivity index (χ3v) is 3.50. The van der Waals surface area contributed by atoms with E-state index < -0.39 is 0 Å². The van der Waals surface area contributed by atoms with Crippen molar-refractivity contribution in [3.63, 3.8) is 0 Å². The fourth-order valence-electron chi connectivity index (χ4n) is 2.35. The average Bonchev–Trinajstić information content (AvgIpc) is 2.96. The number of nitriles is 1. The second-order valence-corrected chi connectivity index (χ2v) is 5.18. The van der Waals surface area contributed by atoms with E-state index >= 15 is 0 Å². The molecule has 24 heavy (non-hydrogen) atoms. The van der Waals surface area contributed by atoms with Crippen molar-refractivity contribution in [3.05, 3.63) is 53.0 Å². The fourth-order valence-corrected chi connectivity index (χ4v) is 2.35. The summed E-state index contributed by atoms with van der Waals surface area (Å²) >= 11 is 0. The first-order valence-corrected chi connectivity index (χ1v) is 7.62. The van der Waals surface area contributed by atoms with Crippen LogP contribution >= 0.6 is 0 Å². The van der Waals surface area contributed by atoms with Crippen LogP contribution in [0.15, 0.2) is 34.7 Å². The van der Waals surface area contributed by atoms with Crippen LogP contribution in [0.25, 0.3) is 0 Å². The Kier molecular flexibility index (Phi) is 5.99. The van der Waals surface area contributed by atoms with Gasteiger partial charge in [-0.1, -0.05) is 12.1 Å². The number of rotatable bonds is 7. The summed E-state index contributed by atoms with van der Waals surface area (Å²) in [4.78, 5) is 12.5. The van der Waals surface area contributed by atoms with E-state index in [-0.39, 0.29) is 17.7 Å². The minimum atomic E-state index is -0.321. The Labute approximate surface area is 141 Å². The van der Waals surface area contributed by atoms with E-state index in [0.717, 1.165) is 11.3 Å². The molecule has 1 heterocycles. The molecule has 0 saturated carbocycles. The highest BCUT2D eigenvalue weighted by molar-refractivity contribution is 5.95. The normalized spacial score (nSPS) is 11.6. The number of nitrogens with one attached hydrogen (secondary N) is 1. The number of methoxy groups -OCH3 is 1. The number of ether oxygens (including phenoxy) is 2. The SMILES string of the molecule is CCOc1ccc([C@H](COC)NC(=O)c2cc(C#N)oc2C)cc1. The van der Waals surface area contributed by atoms with E-state index in [0.29, 0.717) is 24.5 Å². The summed E-state index contributed by atoms with van der Waals surface area (Å²) in [5, 5.41) is 11.8. The lowest BCUT2D eigenvalue weighted by atomic mass is 10.1. The van der Waals surface area contributed by atoms with E-state index in [2.05, 4.69) is 5.32 Å². The summed E-state index contributed by atoms with van der Waals surface area (Å²) in [5.41, 5.74) is 1.24. The number of aryl methyl sites for hydroxylation is 1. The predicted octanol–water partition coefficient (Wildman–Crippen LogP) is 2.98. The van der Waals surface area contributed by atoms with Gasteiger partial charge in [-0.15, -0.1) is 0 Å². The second-order valence-electron chi connectivity index (χ2n) is 5.18. The Balaban J connectivity index is 2.16. The number of amides is 1. The molecule has 0 aliphatic carbocycles. The van der Waals surface area contributed by atoms with Crippen LogP contribution in [0.2, 0.25) is 0 Å². The van der Waals surface area contributed by atoms with Crippen molar-refractivity contribution in [2.75, 3.05) is 20.3 Å². The number of carbonyl (C=O) groups is 1. The zero-order chi connectivity index (χ0) is 17.5. The monoisotopic (exact) mass is 328 g/mol. The molecule has 2 rings (SSSR count). The smallest absolute Gasteiger partial charge is 0.255 e. The molecule has 0 unspecified atom stereocenters. The highest BCUT2D eigenvalue weighted by Gasteiger charge is 2.20. The molecule has 0 bridgehead atoms. The molecule has 0 fully saturated rings. The number of carbonyl (C=O) groups excluding carboxylic acids is 1. The Bertz CT molecular complexity index is 728. The maximum absolute atomic E-state index is 12.5. The van der Waals surface area contributed by atoms with Gasteiger partial charge in [0.1, 0.15) is 17.6 Å². The van der Waals surface area contributed by atoms with Gasteiger partial charge in [0, 0.05) is 13.2 Å². The van der Waals surface area contributed by atoms with Gasteiger partial charge in [0.2, 0.25) is 5.76 Å². The van der Waals surface area contributed by atoms with Gasteiger partial charge in [0.25, 0.3) is 5.91 Å². The van der Waals surface area contributed by atoms with Crippen LogP contribution in [0.3, 0.4) is 0 Å². The third-order valence-electron chi connectivity index (χ3n) is 3.50. The first-order chi connectivity index (χ1) is 11.6. The molecular formula is C18H20N2O4. The summed E-state index contributed by atoms with van der Waals surface area (Å²) in [6, 6.07) is 10.5. The Morgan fingerprint density at radius 1 is 1.38 bits per heavy atom. The molecule has 1 atom stereocenters. The molecule has 0 aliphatic rings. The highest BCUT2D eigenvalue weighted by Crippen LogP contribution is 2.20. The topological polar surface area (TPSA) is 84.5 Å². The minimum Gasteiger partial charge on any atom is -0.494 e. The lowest BCUT2D eigenvalue weighted by Gasteiger charge is -2.18. The van der Waals surface area contributed by atoms with Gasteiger partial charge in [0.05, 0.1) is 24.8 Å². The molecule has 6 nitrogen and oxygen atoms in total. The fraction of sp³-hybridized carbons (Fsp3) is 0.333. The molecule has 1 amide bonds. The van der Waals surface area contributed by atoms with Crippen molar-refractivity contribution in [2.24, 2.45) is 0 Å². The largest absolute Gasteiger partial charge is 0.494 e. The van der Waals surface area contributed by atoms with Crippen LogP contribution < -0.4 is 10.1 Å². The van der Waals surface area contributed by atoms with Crippen LogP contribution in [0.4, 0.5) is 0 Å². The second kappa shape index (κ2) is 8.18. The summed E-state index contributed by atoms with van der Waals surface area (Å²) in [7, 11) is 1.57. The molecule has 0 aliphatic heterocycles. The van der Waals surface area contributed by atoms with Gasteiger partial charge in [-0.25, -0.2) is 0 Å². The maximum Gasteiger partial charge on any atom is 0.255 e. The maximum atomic E-state index is 12.5. The molecule has 6 heteroatoms. The average molecular weight is 328 g/mol. The van der Waals surface area contributed by atoms with Gasteiger partial charge < -0.3 is 19.2 Å². The van der Waals surface area contributed by atoms with Crippen LogP contribution in [0, 0.1) is 18.3 Å². The Hall–Kier alpha value is -2.78. The molecule has 126 valence electrons. The molecule has 0 spiro atoms. The molecule has 1 aromatic heterocycles. The predicted molar refractivity (Wildman–Crippen MR) is 87.9 cm³/mol.